The molecule has 0 unspecified atom stereocenters. The highest BCUT2D eigenvalue weighted by Gasteiger charge is 2.41. The van der Waals surface area contributed by atoms with Crippen LogP contribution in [0.4, 0.5) is 0 Å². The van der Waals surface area contributed by atoms with Crippen molar-refractivity contribution < 1.29 is 0 Å². The fraction of sp³-hybridized carbons (Fsp3) is 1.00. The molecular weight excluding hydrogens is 206 g/mol. The first-order valence-electron chi connectivity index (χ1n) is 7.59. The third-order valence-electron chi connectivity index (χ3n) is 5.46. The van der Waals surface area contributed by atoms with Gasteiger partial charge in [0.2, 0.25) is 0 Å². The van der Waals surface area contributed by atoms with Crippen molar-refractivity contribution in [2.24, 2.45) is 28.4 Å². The minimum atomic E-state index is 0.464. The summed E-state index contributed by atoms with van der Waals surface area (Å²) in [5, 5.41) is 0. The highest BCUT2D eigenvalue weighted by molar-refractivity contribution is 4.93. The lowest BCUT2D eigenvalue weighted by atomic mass is 9.59. The first kappa shape index (κ1) is 15.0. The number of nitrogens with two attached hydrogens (primary N) is 1. The second-order valence-corrected chi connectivity index (χ2v) is 7.22. The van der Waals surface area contributed by atoms with Crippen molar-refractivity contribution in [3.8, 4) is 0 Å². The van der Waals surface area contributed by atoms with E-state index in [1.807, 2.05) is 0 Å². The molecule has 1 heteroatoms. The molecule has 0 spiro atoms. The summed E-state index contributed by atoms with van der Waals surface area (Å²) < 4.78 is 0. The van der Waals surface area contributed by atoms with Crippen molar-refractivity contribution in [1.82, 2.24) is 0 Å². The summed E-state index contributed by atoms with van der Waals surface area (Å²) in [5.41, 5.74) is 7.09. The Kier molecular flexibility index (Phi) is 5.07. The summed E-state index contributed by atoms with van der Waals surface area (Å²) in [7, 11) is 0. The van der Waals surface area contributed by atoms with E-state index in [1.54, 1.807) is 0 Å². The van der Waals surface area contributed by atoms with Gasteiger partial charge in [0.1, 0.15) is 0 Å². The van der Waals surface area contributed by atoms with Crippen LogP contribution in [-0.4, -0.2) is 6.54 Å². The predicted octanol–water partition coefficient (Wildman–Crippen LogP) is 4.60. The molecule has 2 N–H and O–H groups in total. The van der Waals surface area contributed by atoms with Crippen molar-refractivity contribution in [3.63, 3.8) is 0 Å². The van der Waals surface area contributed by atoms with Gasteiger partial charge in [-0.05, 0) is 54.9 Å². The van der Waals surface area contributed by atoms with Gasteiger partial charge in [-0.25, -0.2) is 0 Å². The van der Waals surface area contributed by atoms with E-state index >= 15 is 0 Å². The third-order valence-corrected chi connectivity index (χ3v) is 5.46. The minimum Gasteiger partial charge on any atom is -0.330 e. The van der Waals surface area contributed by atoms with Crippen LogP contribution in [0.3, 0.4) is 0 Å². The fourth-order valence-electron chi connectivity index (χ4n) is 3.99. The molecule has 102 valence electrons. The van der Waals surface area contributed by atoms with Gasteiger partial charge in [-0.1, -0.05) is 47.5 Å². The Bertz CT molecular complexity index is 214. The van der Waals surface area contributed by atoms with Crippen molar-refractivity contribution in [2.75, 3.05) is 6.54 Å². The number of hydrogen-bond acceptors (Lipinski definition) is 1. The molecule has 17 heavy (non-hydrogen) atoms. The van der Waals surface area contributed by atoms with Crippen LogP contribution in [0, 0.1) is 22.7 Å². The fourth-order valence-corrected chi connectivity index (χ4v) is 3.99. The highest BCUT2D eigenvalue weighted by Crippen LogP contribution is 2.49. The molecule has 0 bridgehead atoms. The van der Waals surface area contributed by atoms with E-state index in [0.717, 1.165) is 18.4 Å². The van der Waals surface area contributed by atoms with Crippen LogP contribution < -0.4 is 5.73 Å². The molecule has 0 atom stereocenters. The third kappa shape index (κ3) is 3.24. The lowest BCUT2D eigenvalue weighted by Crippen LogP contribution is -2.42. The molecule has 0 aromatic heterocycles. The number of rotatable bonds is 4. The zero-order chi connectivity index (χ0) is 13.1. The molecule has 1 aliphatic carbocycles. The Morgan fingerprint density at radius 3 is 1.88 bits per heavy atom. The zero-order valence-electron chi connectivity index (χ0n) is 12.7. The molecule has 0 saturated heterocycles. The monoisotopic (exact) mass is 239 g/mol. The van der Waals surface area contributed by atoms with E-state index in [0.29, 0.717) is 10.8 Å². The van der Waals surface area contributed by atoms with Crippen LogP contribution in [0.2, 0.25) is 0 Å². The van der Waals surface area contributed by atoms with Gasteiger partial charge in [-0.15, -0.1) is 0 Å². The van der Waals surface area contributed by atoms with Crippen molar-refractivity contribution in [2.45, 2.75) is 73.1 Å². The molecule has 1 fully saturated rings. The lowest BCUT2D eigenvalue weighted by Gasteiger charge is -2.47. The molecule has 0 aromatic carbocycles. The molecular formula is C16H33N. The summed E-state index contributed by atoms with van der Waals surface area (Å²) >= 11 is 0. The van der Waals surface area contributed by atoms with Crippen LogP contribution in [0.1, 0.15) is 73.1 Å². The van der Waals surface area contributed by atoms with E-state index in [-0.39, 0.29) is 0 Å². The average molecular weight is 239 g/mol. The van der Waals surface area contributed by atoms with Crippen molar-refractivity contribution in [3.05, 3.63) is 0 Å². The molecule has 1 saturated carbocycles. The van der Waals surface area contributed by atoms with Crippen molar-refractivity contribution in [1.29, 1.82) is 0 Å². The first-order valence-corrected chi connectivity index (χ1v) is 7.59. The maximum atomic E-state index is 6.14. The van der Waals surface area contributed by atoms with E-state index in [2.05, 4.69) is 34.6 Å². The largest absolute Gasteiger partial charge is 0.330 e. The van der Waals surface area contributed by atoms with Gasteiger partial charge in [0.05, 0.1) is 0 Å². The molecule has 0 aromatic rings. The van der Waals surface area contributed by atoms with Crippen LogP contribution in [0.5, 0.6) is 0 Å². The Hall–Kier alpha value is -0.0400. The van der Waals surface area contributed by atoms with E-state index in [9.17, 15) is 0 Å². The SMILES string of the molecule is CCC(CC)C1(CN)CCC(C(C)(C)C)CC1. The van der Waals surface area contributed by atoms with Gasteiger partial charge in [0, 0.05) is 0 Å². The molecule has 0 heterocycles. The van der Waals surface area contributed by atoms with Gasteiger partial charge in [0.25, 0.3) is 0 Å². The summed E-state index contributed by atoms with van der Waals surface area (Å²) in [6.45, 7) is 12.7. The summed E-state index contributed by atoms with van der Waals surface area (Å²) in [6, 6.07) is 0. The normalized spacial score (nSPS) is 30.9. The smallest absolute Gasteiger partial charge is 0.00179 e. The second-order valence-electron chi connectivity index (χ2n) is 7.22. The summed E-state index contributed by atoms with van der Waals surface area (Å²) in [5.74, 6) is 1.74. The first-order chi connectivity index (χ1) is 7.89. The molecule has 0 amide bonds. The zero-order valence-corrected chi connectivity index (χ0v) is 12.7. The Morgan fingerprint density at radius 1 is 1.12 bits per heavy atom. The highest BCUT2D eigenvalue weighted by atomic mass is 14.6. The quantitative estimate of drug-likeness (QED) is 0.762. The molecule has 0 radical (unpaired) electrons. The Morgan fingerprint density at radius 2 is 1.59 bits per heavy atom. The second kappa shape index (κ2) is 5.73. The van der Waals surface area contributed by atoms with E-state index in [4.69, 9.17) is 5.73 Å². The maximum Gasteiger partial charge on any atom is -0.00179 e. The molecule has 0 aliphatic heterocycles. The van der Waals surface area contributed by atoms with Crippen LogP contribution in [0.25, 0.3) is 0 Å². The predicted molar refractivity (Wildman–Crippen MR) is 77.0 cm³/mol. The Labute approximate surface area is 109 Å². The van der Waals surface area contributed by atoms with E-state index < -0.39 is 0 Å². The summed E-state index contributed by atoms with van der Waals surface area (Å²) in [4.78, 5) is 0. The summed E-state index contributed by atoms with van der Waals surface area (Å²) in [6.07, 6.45) is 8.09. The molecule has 1 aliphatic rings. The van der Waals surface area contributed by atoms with Crippen LogP contribution >= 0.6 is 0 Å². The van der Waals surface area contributed by atoms with Gasteiger partial charge < -0.3 is 5.73 Å². The molecule has 1 rings (SSSR count). The standard InChI is InChI=1S/C16H33N/c1-6-13(7-2)16(12-17)10-8-14(9-11-16)15(3,4)5/h13-14H,6-12,17H2,1-5H3. The van der Waals surface area contributed by atoms with Gasteiger partial charge >= 0.3 is 0 Å². The lowest BCUT2D eigenvalue weighted by molar-refractivity contribution is 0.0418. The van der Waals surface area contributed by atoms with Crippen LogP contribution in [0.15, 0.2) is 0 Å². The maximum absolute atomic E-state index is 6.14. The topological polar surface area (TPSA) is 26.0 Å². The Balaban J connectivity index is 2.69. The van der Waals surface area contributed by atoms with Crippen LogP contribution in [-0.2, 0) is 0 Å². The van der Waals surface area contributed by atoms with Gasteiger partial charge in [0.15, 0.2) is 0 Å². The molecule has 1 nitrogen and oxygen atoms in total. The van der Waals surface area contributed by atoms with Gasteiger partial charge in [-0.3, -0.25) is 0 Å². The average Bonchev–Trinajstić information content (AvgIpc) is 2.30. The van der Waals surface area contributed by atoms with E-state index in [1.165, 1.54) is 38.5 Å². The van der Waals surface area contributed by atoms with Crippen molar-refractivity contribution >= 4 is 0 Å². The number of hydrogen-bond donors (Lipinski definition) is 1. The minimum absolute atomic E-state index is 0.464. The van der Waals surface area contributed by atoms with Gasteiger partial charge in [-0.2, -0.15) is 0 Å².